The molecule has 7 heteroatoms. The highest BCUT2D eigenvalue weighted by Crippen LogP contribution is 2.31. The van der Waals surface area contributed by atoms with E-state index in [1.54, 1.807) is 12.1 Å². The number of phenolic OH excluding ortho intramolecular Hbond substituents is 1. The van der Waals surface area contributed by atoms with Crippen LogP contribution in [0.4, 0.5) is 5.69 Å². The summed E-state index contributed by atoms with van der Waals surface area (Å²) in [5.74, 6) is -1.53. The van der Waals surface area contributed by atoms with E-state index in [4.69, 9.17) is 5.11 Å². The van der Waals surface area contributed by atoms with Gasteiger partial charge in [0.1, 0.15) is 12.2 Å². The average Bonchev–Trinajstić information content (AvgIpc) is 2.90. The Balaban J connectivity index is 2.03. The number of fused-ring (bicyclic) bond motifs is 1. The van der Waals surface area contributed by atoms with Crippen molar-refractivity contribution < 1.29 is 19.8 Å². The third-order valence-corrected chi connectivity index (χ3v) is 5.04. The molecule has 3 N–H and O–H groups in total. The minimum absolute atomic E-state index is 0.187. The van der Waals surface area contributed by atoms with Crippen molar-refractivity contribution in [1.29, 1.82) is 0 Å². The summed E-state index contributed by atoms with van der Waals surface area (Å²) in [5.41, 5.74) is 4.64. The Kier molecular flexibility index (Phi) is 5.23. The van der Waals surface area contributed by atoms with Crippen molar-refractivity contribution in [2.45, 2.75) is 26.8 Å². The number of nitrogens with zero attached hydrogens (tertiary/aromatic N) is 1. The molecular weight excluding hydrogens is 412 g/mol. The van der Waals surface area contributed by atoms with Gasteiger partial charge in [0.2, 0.25) is 5.91 Å². The molecule has 140 valence electrons. The number of aliphatic carboxylic acids is 1. The van der Waals surface area contributed by atoms with Crippen LogP contribution < -0.4 is 5.32 Å². The Morgan fingerprint density at radius 3 is 2.56 bits per heavy atom. The van der Waals surface area contributed by atoms with Crippen molar-refractivity contribution in [2.24, 2.45) is 0 Å². The number of benzene rings is 2. The van der Waals surface area contributed by atoms with Gasteiger partial charge in [-0.15, -0.1) is 0 Å². The normalized spacial score (nSPS) is 10.9. The van der Waals surface area contributed by atoms with Gasteiger partial charge in [0, 0.05) is 17.6 Å². The highest BCUT2D eigenvalue weighted by Gasteiger charge is 2.15. The SMILES string of the molecule is Cc1ccc(NC(=O)CC(=O)O)c2cc(C)n(Cc3ccc(O)c(Br)c3)c12. The summed E-state index contributed by atoms with van der Waals surface area (Å²) < 4.78 is 2.77. The van der Waals surface area contributed by atoms with Gasteiger partial charge in [-0.1, -0.05) is 12.1 Å². The number of carbonyl (C=O) groups is 2. The predicted octanol–water partition coefficient (Wildman–Crippen LogP) is 4.19. The lowest BCUT2D eigenvalue weighted by molar-refractivity contribution is -0.139. The molecule has 0 saturated heterocycles. The number of rotatable bonds is 5. The van der Waals surface area contributed by atoms with E-state index in [2.05, 4.69) is 25.8 Å². The van der Waals surface area contributed by atoms with Crippen LogP contribution in [-0.2, 0) is 16.1 Å². The molecule has 6 nitrogen and oxygen atoms in total. The second-order valence-electron chi connectivity index (χ2n) is 6.47. The van der Waals surface area contributed by atoms with E-state index in [1.165, 1.54) is 0 Å². The van der Waals surface area contributed by atoms with Gasteiger partial charge in [-0.2, -0.15) is 0 Å². The number of aryl methyl sites for hydroxylation is 2. The topological polar surface area (TPSA) is 91.6 Å². The van der Waals surface area contributed by atoms with Crippen LogP contribution in [0.25, 0.3) is 10.9 Å². The van der Waals surface area contributed by atoms with Gasteiger partial charge in [-0.3, -0.25) is 9.59 Å². The van der Waals surface area contributed by atoms with E-state index < -0.39 is 18.3 Å². The number of amides is 1. The molecule has 0 saturated carbocycles. The van der Waals surface area contributed by atoms with E-state index in [9.17, 15) is 14.7 Å². The Labute approximate surface area is 164 Å². The van der Waals surface area contributed by atoms with Crippen molar-refractivity contribution in [3.63, 3.8) is 0 Å². The molecule has 0 fully saturated rings. The van der Waals surface area contributed by atoms with Crippen LogP contribution in [0.1, 0.15) is 23.2 Å². The number of hydrogen-bond acceptors (Lipinski definition) is 3. The summed E-state index contributed by atoms with van der Waals surface area (Å²) in [5, 5.41) is 22.0. The fourth-order valence-corrected chi connectivity index (χ4v) is 3.59. The minimum atomic E-state index is -1.16. The lowest BCUT2D eigenvalue weighted by atomic mass is 10.1. The zero-order valence-electron chi connectivity index (χ0n) is 14.9. The standard InChI is InChI=1S/C20H19BrN2O4/c1-11-3-5-16(22-18(25)9-19(26)27)14-7-12(2)23(20(11)14)10-13-4-6-17(24)15(21)8-13/h3-8,24H,9-10H2,1-2H3,(H,22,25)(H,26,27). The lowest BCUT2D eigenvalue weighted by Gasteiger charge is -2.13. The van der Waals surface area contributed by atoms with Gasteiger partial charge < -0.3 is 20.1 Å². The number of nitrogens with one attached hydrogen (secondary N) is 1. The summed E-state index contributed by atoms with van der Waals surface area (Å²) in [6, 6.07) is 11.0. The minimum Gasteiger partial charge on any atom is -0.507 e. The molecule has 27 heavy (non-hydrogen) atoms. The Morgan fingerprint density at radius 1 is 1.15 bits per heavy atom. The van der Waals surface area contributed by atoms with Gasteiger partial charge in [-0.25, -0.2) is 0 Å². The Morgan fingerprint density at radius 2 is 1.89 bits per heavy atom. The molecule has 0 bridgehead atoms. The Bertz CT molecular complexity index is 1060. The molecule has 3 aromatic rings. The van der Waals surface area contributed by atoms with E-state index in [-0.39, 0.29) is 5.75 Å². The zero-order chi connectivity index (χ0) is 19.7. The molecule has 0 aliphatic rings. The number of carboxylic acid groups (broad SMARTS) is 1. The summed E-state index contributed by atoms with van der Waals surface area (Å²) in [7, 11) is 0. The first-order chi connectivity index (χ1) is 12.8. The van der Waals surface area contributed by atoms with Gasteiger partial charge in [0.15, 0.2) is 0 Å². The van der Waals surface area contributed by atoms with E-state index in [0.29, 0.717) is 16.7 Å². The molecular formula is C20H19BrN2O4. The van der Waals surface area contributed by atoms with Crippen molar-refractivity contribution in [3.05, 3.63) is 57.7 Å². The smallest absolute Gasteiger partial charge is 0.312 e. The summed E-state index contributed by atoms with van der Waals surface area (Å²) in [4.78, 5) is 22.6. The molecule has 2 aromatic carbocycles. The van der Waals surface area contributed by atoms with Crippen molar-refractivity contribution in [2.75, 3.05) is 5.32 Å². The van der Waals surface area contributed by atoms with E-state index in [1.807, 2.05) is 38.1 Å². The third kappa shape index (κ3) is 3.98. The summed E-state index contributed by atoms with van der Waals surface area (Å²) in [6.07, 6.45) is -0.573. The second kappa shape index (κ2) is 7.44. The molecule has 0 spiro atoms. The largest absolute Gasteiger partial charge is 0.507 e. The van der Waals surface area contributed by atoms with Gasteiger partial charge >= 0.3 is 5.97 Å². The third-order valence-electron chi connectivity index (χ3n) is 4.41. The lowest BCUT2D eigenvalue weighted by Crippen LogP contribution is -2.16. The van der Waals surface area contributed by atoms with E-state index in [0.717, 1.165) is 27.7 Å². The van der Waals surface area contributed by atoms with Gasteiger partial charge in [0.05, 0.1) is 15.7 Å². The number of hydrogen-bond donors (Lipinski definition) is 3. The number of aromatic hydroxyl groups is 1. The number of aromatic nitrogens is 1. The molecule has 0 unspecified atom stereocenters. The highest BCUT2D eigenvalue weighted by atomic mass is 79.9. The highest BCUT2D eigenvalue weighted by molar-refractivity contribution is 9.10. The van der Waals surface area contributed by atoms with Crippen LogP contribution in [0.3, 0.4) is 0 Å². The van der Waals surface area contributed by atoms with Crippen LogP contribution in [0.5, 0.6) is 5.75 Å². The first-order valence-electron chi connectivity index (χ1n) is 8.34. The summed E-state index contributed by atoms with van der Waals surface area (Å²) in [6.45, 7) is 4.58. The monoisotopic (exact) mass is 430 g/mol. The average molecular weight is 431 g/mol. The van der Waals surface area contributed by atoms with Crippen LogP contribution in [0.2, 0.25) is 0 Å². The number of halogens is 1. The molecule has 1 heterocycles. The van der Waals surface area contributed by atoms with Gasteiger partial charge in [0.25, 0.3) is 0 Å². The van der Waals surface area contributed by atoms with Crippen LogP contribution in [0.15, 0.2) is 40.9 Å². The maximum Gasteiger partial charge on any atom is 0.312 e. The second-order valence-corrected chi connectivity index (χ2v) is 7.32. The molecule has 0 aliphatic carbocycles. The maximum absolute atomic E-state index is 11.9. The molecule has 0 atom stereocenters. The quantitative estimate of drug-likeness (QED) is 0.529. The number of anilines is 1. The van der Waals surface area contributed by atoms with Crippen molar-refractivity contribution in [3.8, 4) is 5.75 Å². The van der Waals surface area contributed by atoms with Crippen LogP contribution in [0, 0.1) is 13.8 Å². The van der Waals surface area contributed by atoms with Gasteiger partial charge in [-0.05, 0) is 65.2 Å². The molecule has 1 amide bonds. The fraction of sp³-hybridized carbons (Fsp3) is 0.200. The zero-order valence-corrected chi connectivity index (χ0v) is 16.5. The first-order valence-corrected chi connectivity index (χ1v) is 9.14. The molecule has 1 aromatic heterocycles. The molecule has 3 rings (SSSR count). The number of carbonyl (C=O) groups excluding carboxylic acids is 1. The van der Waals surface area contributed by atoms with Crippen molar-refractivity contribution in [1.82, 2.24) is 4.57 Å². The first kappa shape index (κ1) is 19.0. The number of phenols is 1. The van der Waals surface area contributed by atoms with E-state index >= 15 is 0 Å². The van der Waals surface area contributed by atoms with Crippen molar-refractivity contribution >= 4 is 44.4 Å². The number of carboxylic acids is 1. The maximum atomic E-state index is 11.9. The molecule has 0 aliphatic heterocycles. The Hall–Kier alpha value is -2.80. The summed E-state index contributed by atoms with van der Waals surface area (Å²) >= 11 is 3.34. The van der Waals surface area contributed by atoms with Crippen LogP contribution in [-0.4, -0.2) is 26.7 Å². The van der Waals surface area contributed by atoms with Crippen LogP contribution >= 0.6 is 15.9 Å². The molecule has 0 radical (unpaired) electrons. The fourth-order valence-electron chi connectivity index (χ4n) is 3.16. The predicted molar refractivity (Wildman–Crippen MR) is 107 cm³/mol.